The number of amides is 1. The number of nitrogens with zero attached hydrogens (tertiary/aromatic N) is 3. The highest BCUT2D eigenvalue weighted by molar-refractivity contribution is 7.15. The van der Waals surface area contributed by atoms with E-state index in [1.807, 2.05) is 25.3 Å². The van der Waals surface area contributed by atoms with E-state index >= 15 is 0 Å². The number of carbonyl (C=O) groups excluding carboxylic acids is 1. The Labute approximate surface area is 158 Å². The van der Waals surface area contributed by atoms with Gasteiger partial charge in [0.2, 0.25) is 0 Å². The van der Waals surface area contributed by atoms with Crippen LogP contribution < -0.4 is 10.2 Å². The van der Waals surface area contributed by atoms with Crippen molar-refractivity contribution in [2.45, 2.75) is 13.5 Å². The minimum absolute atomic E-state index is 0.183. The lowest BCUT2D eigenvalue weighted by Crippen LogP contribution is -2.36. The van der Waals surface area contributed by atoms with Gasteiger partial charge in [-0.3, -0.25) is 4.79 Å². The largest absolute Gasteiger partial charge is 0.462 e. The van der Waals surface area contributed by atoms with Crippen LogP contribution >= 0.6 is 22.7 Å². The third-order valence-electron chi connectivity index (χ3n) is 3.99. The van der Waals surface area contributed by atoms with Crippen molar-refractivity contribution in [3.8, 4) is 10.8 Å². The third-order valence-corrected chi connectivity index (χ3v) is 6.03. The second kappa shape index (κ2) is 7.56. The Balaban J connectivity index is 1.39. The Morgan fingerprint density at radius 1 is 1.35 bits per heavy atom. The lowest BCUT2D eigenvalue weighted by Gasteiger charge is -2.25. The predicted molar refractivity (Wildman–Crippen MR) is 101 cm³/mol. The normalized spacial score (nSPS) is 14.6. The van der Waals surface area contributed by atoms with Crippen molar-refractivity contribution in [2.75, 3.05) is 31.2 Å². The zero-order valence-electron chi connectivity index (χ0n) is 14.2. The van der Waals surface area contributed by atoms with Crippen LogP contribution in [-0.2, 0) is 11.3 Å². The summed E-state index contributed by atoms with van der Waals surface area (Å²) >= 11 is 3.05. The summed E-state index contributed by atoms with van der Waals surface area (Å²) in [4.78, 5) is 25.5. The molecule has 7 nitrogen and oxygen atoms in total. The Morgan fingerprint density at radius 2 is 2.19 bits per heavy atom. The molecular formula is C17H18N4O3S2. The molecule has 0 aromatic carbocycles. The molecule has 0 bridgehead atoms. The van der Waals surface area contributed by atoms with Crippen LogP contribution in [0.1, 0.15) is 20.2 Å². The molecule has 0 saturated carbocycles. The maximum atomic E-state index is 12.5. The first-order chi connectivity index (χ1) is 12.7. The topological polar surface area (TPSA) is 80.5 Å². The molecule has 0 unspecified atom stereocenters. The van der Waals surface area contributed by atoms with Crippen LogP contribution in [0.3, 0.4) is 0 Å². The molecule has 136 valence electrons. The summed E-state index contributed by atoms with van der Waals surface area (Å²) in [6, 6.07) is 3.64. The van der Waals surface area contributed by atoms with E-state index in [4.69, 9.17) is 9.15 Å². The Kier molecular flexibility index (Phi) is 5.00. The molecule has 1 amide bonds. The number of nitrogens with one attached hydrogen (secondary N) is 1. The Hall–Kier alpha value is -2.23. The van der Waals surface area contributed by atoms with Gasteiger partial charge in [0.15, 0.2) is 15.9 Å². The number of furan rings is 1. The van der Waals surface area contributed by atoms with Gasteiger partial charge in [0.25, 0.3) is 5.91 Å². The smallest absolute Gasteiger partial charge is 0.271 e. The second-order valence-electron chi connectivity index (χ2n) is 5.79. The first-order valence-corrected chi connectivity index (χ1v) is 9.91. The second-order valence-corrected chi connectivity index (χ2v) is 8.09. The SMILES string of the molecule is Cc1sc(-c2ccco2)nc1C(=O)NCc1cnc(N2CCOCC2)s1. The number of aromatic nitrogens is 2. The molecule has 9 heteroatoms. The molecule has 26 heavy (non-hydrogen) atoms. The Morgan fingerprint density at radius 3 is 2.96 bits per heavy atom. The molecule has 4 heterocycles. The summed E-state index contributed by atoms with van der Waals surface area (Å²) in [7, 11) is 0. The number of hydrogen-bond acceptors (Lipinski definition) is 8. The van der Waals surface area contributed by atoms with E-state index in [-0.39, 0.29) is 5.91 Å². The van der Waals surface area contributed by atoms with Crippen LogP contribution in [0.4, 0.5) is 5.13 Å². The molecule has 1 fully saturated rings. The van der Waals surface area contributed by atoms with Crippen LogP contribution in [0.15, 0.2) is 29.0 Å². The van der Waals surface area contributed by atoms with Gasteiger partial charge in [-0.2, -0.15) is 0 Å². The number of morpholine rings is 1. The van der Waals surface area contributed by atoms with Crippen LogP contribution in [-0.4, -0.2) is 42.2 Å². The number of carbonyl (C=O) groups is 1. The van der Waals surface area contributed by atoms with Gasteiger partial charge >= 0.3 is 0 Å². The number of rotatable bonds is 5. The minimum Gasteiger partial charge on any atom is -0.462 e. The van der Waals surface area contributed by atoms with Crippen LogP contribution in [0, 0.1) is 6.92 Å². The van der Waals surface area contributed by atoms with Gasteiger partial charge in [0, 0.05) is 29.0 Å². The zero-order chi connectivity index (χ0) is 17.9. The fourth-order valence-corrected chi connectivity index (χ4v) is 4.42. The van der Waals surface area contributed by atoms with Crippen molar-refractivity contribution < 1.29 is 13.9 Å². The monoisotopic (exact) mass is 390 g/mol. The zero-order valence-corrected chi connectivity index (χ0v) is 15.9. The van der Waals surface area contributed by atoms with E-state index in [0.29, 0.717) is 23.0 Å². The third kappa shape index (κ3) is 3.64. The molecule has 0 atom stereocenters. The summed E-state index contributed by atoms with van der Waals surface area (Å²) < 4.78 is 10.7. The van der Waals surface area contributed by atoms with Gasteiger partial charge in [0.05, 0.1) is 26.0 Å². The lowest BCUT2D eigenvalue weighted by atomic mass is 10.3. The first-order valence-electron chi connectivity index (χ1n) is 8.27. The van der Waals surface area contributed by atoms with Crippen molar-refractivity contribution in [2.24, 2.45) is 0 Å². The number of hydrogen-bond donors (Lipinski definition) is 1. The first kappa shape index (κ1) is 17.2. The van der Waals surface area contributed by atoms with Gasteiger partial charge < -0.3 is 19.4 Å². The van der Waals surface area contributed by atoms with Crippen LogP contribution in [0.2, 0.25) is 0 Å². The van der Waals surface area contributed by atoms with Crippen molar-refractivity contribution in [1.82, 2.24) is 15.3 Å². The number of thiazole rings is 2. The van der Waals surface area contributed by atoms with Gasteiger partial charge in [-0.15, -0.1) is 22.7 Å². The summed E-state index contributed by atoms with van der Waals surface area (Å²) in [6.45, 7) is 5.50. The molecule has 1 aliphatic rings. The quantitative estimate of drug-likeness (QED) is 0.721. The summed E-state index contributed by atoms with van der Waals surface area (Å²) in [5, 5.41) is 4.62. The molecule has 3 aromatic rings. The van der Waals surface area contributed by atoms with Gasteiger partial charge in [-0.1, -0.05) is 0 Å². The summed E-state index contributed by atoms with van der Waals surface area (Å²) in [5.74, 6) is 0.493. The van der Waals surface area contributed by atoms with E-state index in [9.17, 15) is 4.79 Å². The van der Waals surface area contributed by atoms with Crippen LogP contribution in [0.25, 0.3) is 10.8 Å². The van der Waals surface area contributed by atoms with Crippen molar-refractivity contribution in [1.29, 1.82) is 0 Å². The van der Waals surface area contributed by atoms with Gasteiger partial charge in [-0.25, -0.2) is 9.97 Å². The standard InChI is InChI=1S/C17H18N4O3S2/c1-11-14(20-16(25-11)13-3-2-6-24-13)15(22)18-9-12-10-19-17(26-12)21-4-7-23-8-5-21/h2-3,6,10H,4-5,7-9H2,1H3,(H,18,22). The molecule has 0 radical (unpaired) electrons. The highest BCUT2D eigenvalue weighted by atomic mass is 32.1. The van der Waals surface area contributed by atoms with E-state index < -0.39 is 0 Å². The minimum atomic E-state index is -0.183. The molecule has 4 rings (SSSR count). The number of ether oxygens (including phenoxy) is 1. The maximum absolute atomic E-state index is 12.5. The van der Waals surface area contributed by atoms with E-state index in [2.05, 4.69) is 20.2 Å². The average Bonchev–Trinajstić information content (AvgIpc) is 3.41. The highest BCUT2D eigenvalue weighted by Crippen LogP contribution is 2.28. The molecule has 3 aromatic heterocycles. The van der Waals surface area contributed by atoms with Gasteiger partial charge in [0.1, 0.15) is 5.69 Å². The molecular weight excluding hydrogens is 372 g/mol. The Bertz CT molecular complexity index is 882. The summed E-state index contributed by atoms with van der Waals surface area (Å²) in [5.41, 5.74) is 0.444. The maximum Gasteiger partial charge on any atom is 0.271 e. The van der Waals surface area contributed by atoms with E-state index in [1.54, 1.807) is 17.6 Å². The summed E-state index contributed by atoms with van der Waals surface area (Å²) in [6.07, 6.45) is 3.42. The van der Waals surface area contributed by atoms with Crippen molar-refractivity contribution in [3.63, 3.8) is 0 Å². The number of aryl methyl sites for hydroxylation is 1. The molecule has 0 aliphatic carbocycles. The van der Waals surface area contributed by atoms with Gasteiger partial charge in [-0.05, 0) is 19.1 Å². The fourth-order valence-electron chi connectivity index (χ4n) is 2.64. The average molecular weight is 390 g/mol. The van der Waals surface area contributed by atoms with E-state index in [1.165, 1.54) is 11.3 Å². The lowest BCUT2D eigenvalue weighted by molar-refractivity contribution is 0.0946. The molecule has 0 spiro atoms. The fraction of sp³-hybridized carbons (Fsp3) is 0.353. The van der Waals surface area contributed by atoms with Crippen LogP contribution in [0.5, 0.6) is 0 Å². The van der Waals surface area contributed by atoms with Crippen molar-refractivity contribution in [3.05, 3.63) is 40.0 Å². The highest BCUT2D eigenvalue weighted by Gasteiger charge is 2.18. The predicted octanol–water partition coefficient (Wildman–Crippen LogP) is 2.93. The van der Waals surface area contributed by atoms with E-state index in [0.717, 1.165) is 41.2 Å². The molecule has 1 N–H and O–H groups in total. The van der Waals surface area contributed by atoms with Crippen molar-refractivity contribution >= 4 is 33.7 Å². The number of anilines is 1. The molecule has 1 saturated heterocycles. The molecule has 1 aliphatic heterocycles.